The van der Waals surface area contributed by atoms with Crippen LogP contribution in [-0.4, -0.2) is 11.0 Å². The summed E-state index contributed by atoms with van der Waals surface area (Å²) in [5.74, 6) is 1.27. The van der Waals surface area contributed by atoms with E-state index >= 15 is 0 Å². The van der Waals surface area contributed by atoms with E-state index in [1.165, 1.54) is 12.1 Å². The predicted octanol–water partition coefficient (Wildman–Crippen LogP) is 4.48. The number of benzene rings is 1. The lowest BCUT2D eigenvalue weighted by atomic mass is 10.1. The zero-order valence-electron chi connectivity index (χ0n) is 11.4. The fourth-order valence-electron chi connectivity index (χ4n) is 1.46. The Morgan fingerprint density at radius 3 is 2.05 bits per heavy atom. The monoisotopic (exact) mass is 291 g/mol. The maximum atomic E-state index is 12.4. The van der Waals surface area contributed by atoms with Crippen LogP contribution in [0.1, 0.15) is 37.9 Å². The molecule has 0 aliphatic carbocycles. The molecule has 0 spiro atoms. The van der Waals surface area contributed by atoms with Crippen molar-refractivity contribution in [1.82, 2.24) is 0 Å². The van der Waals surface area contributed by atoms with Crippen molar-refractivity contribution in [3.05, 3.63) is 35.4 Å². The third-order valence-electron chi connectivity index (χ3n) is 3.14. The van der Waals surface area contributed by atoms with E-state index in [-0.39, 0.29) is 6.04 Å². The molecule has 0 saturated heterocycles. The number of thioether (sulfide) groups is 1. The highest BCUT2D eigenvalue weighted by atomic mass is 32.2. The molecule has 1 rings (SSSR count). The molecule has 0 bridgehead atoms. The van der Waals surface area contributed by atoms with Gasteiger partial charge in [0.05, 0.1) is 5.56 Å². The van der Waals surface area contributed by atoms with Crippen molar-refractivity contribution in [3.63, 3.8) is 0 Å². The minimum atomic E-state index is -4.29. The van der Waals surface area contributed by atoms with Gasteiger partial charge in [0.1, 0.15) is 0 Å². The number of alkyl halides is 3. The van der Waals surface area contributed by atoms with Gasteiger partial charge in [-0.15, -0.1) is 0 Å². The highest BCUT2D eigenvalue weighted by Gasteiger charge is 2.30. The number of hydrogen-bond acceptors (Lipinski definition) is 2. The third kappa shape index (κ3) is 5.07. The normalized spacial score (nSPS) is 15.6. The quantitative estimate of drug-likeness (QED) is 0.865. The Bertz CT molecular complexity index is 387. The van der Waals surface area contributed by atoms with Gasteiger partial charge in [-0.2, -0.15) is 24.9 Å². The number of hydrogen-bond donors (Lipinski definition) is 1. The molecule has 0 radical (unpaired) electrons. The van der Waals surface area contributed by atoms with E-state index in [1.807, 2.05) is 0 Å². The van der Waals surface area contributed by atoms with E-state index in [9.17, 15) is 13.2 Å². The molecule has 0 saturated carbocycles. The van der Waals surface area contributed by atoms with E-state index < -0.39 is 11.7 Å². The van der Waals surface area contributed by atoms with Crippen LogP contribution in [0.25, 0.3) is 0 Å². The molecule has 2 atom stereocenters. The summed E-state index contributed by atoms with van der Waals surface area (Å²) in [4.78, 5) is 0. The van der Waals surface area contributed by atoms with Crippen LogP contribution in [0.5, 0.6) is 0 Å². The van der Waals surface area contributed by atoms with Gasteiger partial charge < -0.3 is 5.73 Å². The van der Waals surface area contributed by atoms with Crippen LogP contribution in [0.15, 0.2) is 24.3 Å². The largest absolute Gasteiger partial charge is 0.416 e. The Balaban J connectivity index is 2.61. The summed E-state index contributed by atoms with van der Waals surface area (Å²) >= 11 is 1.75. The Morgan fingerprint density at radius 1 is 1.11 bits per heavy atom. The van der Waals surface area contributed by atoms with Gasteiger partial charge in [0.2, 0.25) is 0 Å². The molecule has 0 fully saturated rings. The zero-order valence-corrected chi connectivity index (χ0v) is 12.2. The SMILES string of the molecule is CC(C)C(C)SCC(N)c1ccc(C(F)(F)F)cc1. The lowest BCUT2D eigenvalue weighted by molar-refractivity contribution is -0.137. The summed E-state index contributed by atoms with van der Waals surface area (Å²) in [5.41, 5.74) is 6.11. The molecular formula is C14H20F3NS. The van der Waals surface area contributed by atoms with Crippen LogP contribution in [0, 0.1) is 5.92 Å². The molecule has 0 aliphatic heterocycles. The Hall–Kier alpha value is -0.680. The van der Waals surface area contributed by atoms with Gasteiger partial charge >= 0.3 is 6.18 Å². The summed E-state index contributed by atoms with van der Waals surface area (Å²) in [7, 11) is 0. The van der Waals surface area contributed by atoms with E-state index in [4.69, 9.17) is 5.73 Å². The smallest absolute Gasteiger partial charge is 0.323 e. The number of halogens is 3. The van der Waals surface area contributed by atoms with Crippen LogP contribution >= 0.6 is 11.8 Å². The minimum absolute atomic E-state index is 0.228. The average Bonchev–Trinajstić information content (AvgIpc) is 2.34. The molecule has 19 heavy (non-hydrogen) atoms. The van der Waals surface area contributed by atoms with Gasteiger partial charge in [-0.25, -0.2) is 0 Å². The summed E-state index contributed by atoms with van der Waals surface area (Å²) in [6.07, 6.45) is -4.29. The van der Waals surface area contributed by atoms with Gasteiger partial charge in [-0.05, 0) is 23.6 Å². The minimum Gasteiger partial charge on any atom is -0.323 e. The molecule has 0 amide bonds. The van der Waals surface area contributed by atoms with Crippen LogP contribution in [0.2, 0.25) is 0 Å². The Labute approximate surface area is 116 Å². The number of rotatable bonds is 5. The fraction of sp³-hybridized carbons (Fsp3) is 0.571. The lowest BCUT2D eigenvalue weighted by Gasteiger charge is -2.18. The van der Waals surface area contributed by atoms with Crippen LogP contribution in [0.4, 0.5) is 13.2 Å². The van der Waals surface area contributed by atoms with Crippen molar-refractivity contribution in [3.8, 4) is 0 Å². The summed E-state index contributed by atoms with van der Waals surface area (Å²) in [6, 6.07) is 4.88. The molecular weight excluding hydrogens is 271 g/mol. The summed E-state index contributed by atoms with van der Waals surface area (Å²) in [6.45, 7) is 6.41. The second-order valence-corrected chi connectivity index (χ2v) is 6.42. The number of nitrogens with two attached hydrogens (primary N) is 1. The van der Waals surface area contributed by atoms with Crippen molar-refractivity contribution < 1.29 is 13.2 Å². The van der Waals surface area contributed by atoms with Crippen molar-refractivity contribution >= 4 is 11.8 Å². The highest BCUT2D eigenvalue weighted by Crippen LogP contribution is 2.30. The highest BCUT2D eigenvalue weighted by molar-refractivity contribution is 7.99. The first-order valence-electron chi connectivity index (χ1n) is 6.26. The molecule has 0 aliphatic rings. The molecule has 108 valence electrons. The van der Waals surface area contributed by atoms with Crippen LogP contribution < -0.4 is 5.73 Å². The molecule has 5 heteroatoms. The molecule has 0 aromatic heterocycles. The zero-order chi connectivity index (χ0) is 14.6. The van der Waals surface area contributed by atoms with Gasteiger partial charge in [-0.3, -0.25) is 0 Å². The lowest BCUT2D eigenvalue weighted by Crippen LogP contribution is -2.17. The third-order valence-corrected chi connectivity index (χ3v) is 4.77. The fourth-order valence-corrected chi connectivity index (χ4v) is 2.55. The molecule has 1 nitrogen and oxygen atoms in total. The average molecular weight is 291 g/mol. The standard InChI is InChI=1S/C14H20F3NS/c1-9(2)10(3)19-8-13(18)11-4-6-12(7-5-11)14(15,16)17/h4-7,9-10,13H,8,18H2,1-3H3. The first-order chi connectivity index (χ1) is 8.71. The molecule has 0 heterocycles. The molecule has 1 aromatic carbocycles. The van der Waals surface area contributed by atoms with Crippen LogP contribution in [0.3, 0.4) is 0 Å². The molecule has 1 aromatic rings. The van der Waals surface area contributed by atoms with Crippen LogP contribution in [-0.2, 0) is 6.18 Å². The predicted molar refractivity (Wildman–Crippen MR) is 75.1 cm³/mol. The van der Waals surface area contributed by atoms with E-state index in [0.717, 1.165) is 17.7 Å². The van der Waals surface area contributed by atoms with E-state index in [0.29, 0.717) is 16.9 Å². The van der Waals surface area contributed by atoms with Crippen molar-refractivity contribution in [1.29, 1.82) is 0 Å². The maximum absolute atomic E-state index is 12.4. The van der Waals surface area contributed by atoms with Crippen molar-refractivity contribution in [2.24, 2.45) is 11.7 Å². The van der Waals surface area contributed by atoms with Gasteiger partial charge in [0.25, 0.3) is 0 Å². The first-order valence-corrected chi connectivity index (χ1v) is 7.31. The van der Waals surface area contributed by atoms with Gasteiger partial charge in [0, 0.05) is 17.0 Å². The van der Waals surface area contributed by atoms with Crippen molar-refractivity contribution in [2.45, 2.75) is 38.2 Å². The molecule has 2 unspecified atom stereocenters. The Kier molecular flexibility index (Phi) is 5.74. The second kappa shape index (κ2) is 6.66. The van der Waals surface area contributed by atoms with Crippen molar-refractivity contribution in [2.75, 3.05) is 5.75 Å². The molecule has 2 N–H and O–H groups in total. The van der Waals surface area contributed by atoms with E-state index in [2.05, 4.69) is 20.8 Å². The second-order valence-electron chi connectivity index (χ2n) is 5.01. The maximum Gasteiger partial charge on any atom is 0.416 e. The Morgan fingerprint density at radius 2 is 1.63 bits per heavy atom. The topological polar surface area (TPSA) is 26.0 Å². The van der Waals surface area contributed by atoms with E-state index in [1.54, 1.807) is 11.8 Å². The van der Waals surface area contributed by atoms with Gasteiger partial charge in [-0.1, -0.05) is 32.9 Å². The summed E-state index contributed by atoms with van der Waals surface area (Å²) < 4.78 is 37.3. The first kappa shape index (κ1) is 16.4. The summed E-state index contributed by atoms with van der Waals surface area (Å²) in [5, 5.41) is 0.487. The van der Waals surface area contributed by atoms with Gasteiger partial charge in [0.15, 0.2) is 0 Å².